The number of nitrogens with one attached hydrogen (secondary N) is 1. The molecule has 0 aliphatic rings. The van der Waals surface area contributed by atoms with Gasteiger partial charge in [-0.05, 0) is 19.9 Å². The van der Waals surface area contributed by atoms with Crippen LogP contribution in [0.25, 0.3) is 0 Å². The lowest BCUT2D eigenvalue weighted by Gasteiger charge is -2.19. The number of benzene rings is 1. The van der Waals surface area contributed by atoms with Gasteiger partial charge in [0.15, 0.2) is 0 Å². The standard InChI is InChI=1S/C12H16FNO3/c1-7(14-8(2)12(16)17-3)10-5-4-9(15)6-11(10)13/h4-8,14-15H,1-3H3/t7?,8-/m0/s1. The van der Waals surface area contributed by atoms with Gasteiger partial charge < -0.3 is 9.84 Å². The first-order valence-electron chi connectivity index (χ1n) is 5.28. The molecule has 0 aliphatic heterocycles. The van der Waals surface area contributed by atoms with E-state index in [9.17, 15) is 9.18 Å². The minimum atomic E-state index is -0.525. The number of phenolic OH excluding ortho intramolecular Hbond substituents is 1. The smallest absolute Gasteiger partial charge is 0.322 e. The van der Waals surface area contributed by atoms with E-state index < -0.39 is 17.8 Å². The summed E-state index contributed by atoms with van der Waals surface area (Å²) in [5.41, 5.74) is 0.388. The van der Waals surface area contributed by atoms with Gasteiger partial charge >= 0.3 is 5.97 Å². The lowest BCUT2D eigenvalue weighted by molar-refractivity contribution is -0.142. The number of hydrogen-bond donors (Lipinski definition) is 2. The fourth-order valence-electron chi connectivity index (χ4n) is 1.58. The van der Waals surface area contributed by atoms with Gasteiger partial charge in [-0.15, -0.1) is 0 Å². The van der Waals surface area contributed by atoms with Crippen molar-refractivity contribution in [1.82, 2.24) is 5.32 Å². The predicted octanol–water partition coefficient (Wildman–Crippen LogP) is 1.74. The first-order valence-corrected chi connectivity index (χ1v) is 5.28. The number of phenols is 1. The Hall–Kier alpha value is -1.62. The number of ether oxygens (including phenoxy) is 1. The van der Waals surface area contributed by atoms with Crippen LogP contribution in [0.5, 0.6) is 5.75 Å². The lowest BCUT2D eigenvalue weighted by atomic mass is 10.1. The Balaban J connectivity index is 2.76. The van der Waals surface area contributed by atoms with Crippen LogP contribution in [0.3, 0.4) is 0 Å². The van der Waals surface area contributed by atoms with Crippen molar-refractivity contribution in [2.75, 3.05) is 7.11 Å². The van der Waals surface area contributed by atoms with Crippen molar-refractivity contribution in [2.45, 2.75) is 25.9 Å². The van der Waals surface area contributed by atoms with Crippen molar-refractivity contribution >= 4 is 5.97 Å². The SMILES string of the molecule is COC(=O)[C@H](C)NC(C)c1ccc(O)cc1F. The fourth-order valence-corrected chi connectivity index (χ4v) is 1.58. The maximum Gasteiger partial charge on any atom is 0.322 e. The number of hydrogen-bond acceptors (Lipinski definition) is 4. The summed E-state index contributed by atoms with van der Waals surface area (Å²) in [6.07, 6.45) is 0. The summed E-state index contributed by atoms with van der Waals surface area (Å²) >= 11 is 0. The van der Waals surface area contributed by atoms with Gasteiger partial charge in [-0.2, -0.15) is 0 Å². The number of esters is 1. The first-order chi connectivity index (χ1) is 7.95. The number of aromatic hydroxyl groups is 1. The second kappa shape index (κ2) is 5.63. The summed E-state index contributed by atoms with van der Waals surface area (Å²) in [5.74, 6) is -1.04. The molecule has 1 rings (SSSR count). The van der Waals surface area contributed by atoms with E-state index in [1.165, 1.54) is 19.2 Å². The molecule has 1 aromatic rings. The van der Waals surface area contributed by atoms with Crippen molar-refractivity contribution in [3.8, 4) is 5.75 Å². The van der Waals surface area contributed by atoms with Crippen LogP contribution in [0.15, 0.2) is 18.2 Å². The number of halogens is 1. The van der Waals surface area contributed by atoms with Gasteiger partial charge in [0.1, 0.15) is 17.6 Å². The molecule has 94 valence electrons. The monoisotopic (exact) mass is 241 g/mol. The zero-order chi connectivity index (χ0) is 13.0. The molecule has 0 fully saturated rings. The average Bonchev–Trinajstić information content (AvgIpc) is 2.27. The number of rotatable bonds is 4. The van der Waals surface area contributed by atoms with E-state index in [1.54, 1.807) is 13.8 Å². The van der Waals surface area contributed by atoms with Gasteiger partial charge in [0.25, 0.3) is 0 Å². The Morgan fingerprint density at radius 1 is 1.47 bits per heavy atom. The normalized spacial score (nSPS) is 14.1. The van der Waals surface area contributed by atoms with Crippen molar-refractivity contribution in [3.05, 3.63) is 29.6 Å². The third-order valence-electron chi connectivity index (χ3n) is 2.51. The van der Waals surface area contributed by atoms with Crippen molar-refractivity contribution in [3.63, 3.8) is 0 Å². The molecule has 1 aromatic carbocycles. The molecule has 0 saturated heterocycles. The van der Waals surface area contributed by atoms with E-state index in [-0.39, 0.29) is 11.8 Å². The van der Waals surface area contributed by atoms with Crippen LogP contribution >= 0.6 is 0 Å². The number of carbonyl (C=O) groups excluding carboxylic acids is 1. The fraction of sp³-hybridized carbons (Fsp3) is 0.417. The molecule has 4 nitrogen and oxygen atoms in total. The van der Waals surface area contributed by atoms with E-state index in [0.717, 1.165) is 6.07 Å². The minimum Gasteiger partial charge on any atom is -0.508 e. The second-order valence-electron chi connectivity index (χ2n) is 3.84. The predicted molar refractivity (Wildman–Crippen MR) is 61.1 cm³/mol. The van der Waals surface area contributed by atoms with Gasteiger partial charge in [-0.3, -0.25) is 10.1 Å². The molecule has 0 aromatic heterocycles. The highest BCUT2D eigenvalue weighted by Crippen LogP contribution is 2.21. The van der Waals surface area contributed by atoms with E-state index >= 15 is 0 Å². The van der Waals surface area contributed by atoms with Crippen molar-refractivity contribution in [2.24, 2.45) is 0 Å². The largest absolute Gasteiger partial charge is 0.508 e. The van der Waals surface area contributed by atoms with E-state index in [2.05, 4.69) is 10.1 Å². The van der Waals surface area contributed by atoms with E-state index in [0.29, 0.717) is 5.56 Å². The van der Waals surface area contributed by atoms with Gasteiger partial charge in [0.2, 0.25) is 0 Å². The molecule has 0 saturated carbocycles. The zero-order valence-corrected chi connectivity index (χ0v) is 10.0. The molecule has 0 amide bonds. The molecule has 2 N–H and O–H groups in total. The molecule has 0 heterocycles. The summed E-state index contributed by atoms with van der Waals surface area (Å²) < 4.78 is 18.1. The summed E-state index contributed by atoms with van der Waals surface area (Å²) in [7, 11) is 1.30. The summed E-state index contributed by atoms with van der Waals surface area (Å²) in [6.45, 7) is 3.37. The minimum absolute atomic E-state index is 0.125. The van der Waals surface area contributed by atoms with Crippen LogP contribution in [0.1, 0.15) is 25.5 Å². The summed E-state index contributed by atoms with van der Waals surface area (Å²) in [6, 6.07) is 3.04. The Morgan fingerprint density at radius 3 is 2.65 bits per heavy atom. The zero-order valence-electron chi connectivity index (χ0n) is 10.0. The number of carbonyl (C=O) groups is 1. The van der Waals surface area contributed by atoms with Crippen LogP contribution in [-0.4, -0.2) is 24.2 Å². The molecular weight excluding hydrogens is 225 g/mol. The molecule has 0 bridgehead atoms. The van der Waals surface area contributed by atoms with Gasteiger partial charge in [0.05, 0.1) is 7.11 Å². The lowest BCUT2D eigenvalue weighted by Crippen LogP contribution is -2.36. The van der Waals surface area contributed by atoms with Crippen LogP contribution in [0, 0.1) is 5.82 Å². The average molecular weight is 241 g/mol. The molecule has 17 heavy (non-hydrogen) atoms. The van der Waals surface area contributed by atoms with Gasteiger partial charge in [-0.25, -0.2) is 4.39 Å². The quantitative estimate of drug-likeness (QED) is 0.788. The third-order valence-corrected chi connectivity index (χ3v) is 2.51. The van der Waals surface area contributed by atoms with Crippen molar-refractivity contribution in [1.29, 1.82) is 0 Å². The van der Waals surface area contributed by atoms with Crippen LogP contribution in [0.4, 0.5) is 4.39 Å². The van der Waals surface area contributed by atoms with Gasteiger partial charge in [-0.1, -0.05) is 6.07 Å². The second-order valence-corrected chi connectivity index (χ2v) is 3.84. The molecule has 0 aliphatic carbocycles. The summed E-state index contributed by atoms with van der Waals surface area (Å²) in [5, 5.41) is 12.0. The molecule has 1 unspecified atom stereocenters. The molecule has 5 heteroatoms. The maximum atomic E-state index is 13.5. The van der Waals surface area contributed by atoms with E-state index in [1.807, 2.05) is 0 Å². The molecule has 0 spiro atoms. The Labute approximate surface area is 99.4 Å². The third kappa shape index (κ3) is 3.42. The molecule has 0 radical (unpaired) electrons. The van der Waals surface area contributed by atoms with Crippen molar-refractivity contribution < 1.29 is 19.0 Å². The highest BCUT2D eigenvalue weighted by Gasteiger charge is 2.18. The van der Waals surface area contributed by atoms with Crippen LogP contribution < -0.4 is 5.32 Å². The van der Waals surface area contributed by atoms with Crippen LogP contribution in [0.2, 0.25) is 0 Å². The first kappa shape index (κ1) is 13.4. The Kier molecular flexibility index (Phi) is 4.45. The highest BCUT2D eigenvalue weighted by atomic mass is 19.1. The Morgan fingerprint density at radius 2 is 2.12 bits per heavy atom. The highest BCUT2D eigenvalue weighted by molar-refractivity contribution is 5.75. The topological polar surface area (TPSA) is 58.6 Å². The van der Waals surface area contributed by atoms with E-state index in [4.69, 9.17) is 5.11 Å². The number of methoxy groups -OCH3 is 1. The summed E-state index contributed by atoms with van der Waals surface area (Å²) in [4.78, 5) is 11.2. The van der Waals surface area contributed by atoms with Gasteiger partial charge in [0, 0.05) is 17.7 Å². The van der Waals surface area contributed by atoms with Crippen LogP contribution in [-0.2, 0) is 9.53 Å². The molecular formula is C12H16FNO3. The maximum absolute atomic E-state index is 13.5. The Bertz CT molecular complexity index is 409. The molecule has 2 atom stereocenters.